The highest BCUT2D eigenvalue weighted by Crippen LogP contribution is 2.22. The molecule has 1 unspecified atom stereocenters. The van der Waals surface area contributed by atoms with E-state index < -0.39 is 0 Å². The van der Waals surface area contributed by atoms with Crippen molar-refractivity contribution in [2.75, 3.05) is 25.0 Å². The van der Waals surface area contributed by atoms with E-state index >= 15 is 0 Å². The number of aromatic amines is 1. The van der Waals surface area contributed by atoms with Gasteiger partial charge in [0.2, 0.25) is 5.91 Å². The Morgan fingerprint density at radius 3 is 2.75 bits per heavy atom. The highest BCUT2D eigenvalue weighted by Gasteiger charge is 2.25. The summed E-state index contributed by atoms with van der Waals surface area (Å²) in [6.07, 6.45) is 2.35. The largest absolute Gasteiger partial charge is 0.338 e. The van der Waals surface area contributed by atoms with Gasteiger partial charge in [0.15, 0.2) is 0 Å². The fourth-order valence-electron chi connectivity index (χ4n) is 3.01. The van der Waals surface area contributed by atoms with Crippen LogP contribution in [0.3, 0.4) is 0 Å². The Morgan fingerprint density at radius 1 is 1.38 bits per heavy atom. The third-order valence-corrected chi connectivity index (χ3v) is 4.33. The molecule has 0 bridgehead atoms. The van der Waals surface area contributed by atoms with Gasteiger partial charge >= 0.3 is 6.03 Å². The van der Waals surface area contributed by atoms with Crippen molar-refractivity contribution >= 4 is 17.6 Å². The monoisotopic (exact) mass is 335 g/mol. The Hall–Kier alpha value is -2.05. The molecule has 2 heterocycles. The summed E-state index contributed by atoms with van der Waals surface area (Å²) < 4.78 is 0. The van der Waals surface area contributed by atoms with E-state index in [0.29, 0.717) is 25.4 Å². The standard InChI is InChI=1S/C17H29N5O2/c1-11(2)9-18-17(24)22-7-5-6-14(10-22)8-15(23)19-16-12(3)20-21-13(16)4/h11,14H,5-10H2,1-4H3,(H,18,24)(H,19,23)(H,20,21). The zero-order valence-electron chi connectivity index (χ0n) is 15.1. The number of urea groups is 1. The van der Waals surface area contributed by atoms with Crippen LogP contribution in [0, 0.1) is 25.7 Å². The lowest BCUT2D eigenvalue weighted by molar-refractivity contribution is -0.117. The maximum Gasteiger partial charge on any atom is 0.317 e. The lowest BCUT2D eigenvalue weighted by Crippen LogP contribution is -2.46. The Morgan fingerprint density at radius 2 is 2.12 bits per heavy atom. The van der Waals surface area contributed by atoms with Crippen molar-refractivity contribution in [2.45, 2.75) is 47.0 Å². The first-order valence-corrected chi connectivity index (χ1v) is 8.71. The smallest absolute Gasteiger partial charge is 0.317 e. The van der Waals surface area contributed by atoms with Gasteiger partial charge in [0.05, 0.1) is 17.1 Å². The predicted molar refractivity (Wildman–Crippen MR) is 93.8 cm³/mol. The Kier molecular flexibility index (Phi) is 6.23. The van der Waals surface area contributed by atoms with Crippen molar-refractivity contribution in [3.8, 4) is 0 Å². The summed E-state index contributed by atoms with van der Waals surface area (Å²) in [6, 6.07) is -0.0182. The second-order valence-corrected chi connectivity index (χ2v) is 7.10. The van der Waals surface area contributed by atoms with Crippen LogP contribution >= 0.6 is 0 Å². The van der Waals surface area contributed by atoms with E-state index in [1.807, 2.05) is 18.7 Å². The van der Waals surface area contributed by atoms with Crippen molar-refractivity contribution in [3.63, 3.8) is 0 Å². The maximum absolute atomic E-state index is 12.3. The topological polar surface area (TPSA) is 90.1 Å². The van der Waals surface area contributed by atoms with E-state index in [-0.39, 0.29) is 17.9 Å². The average molecular weight is 335 g/mol. The number of piperidine rings is 1. The molecule has 3 N–H and O–H groups in total. The third kappa shape index (κ3) is 4.97. The lowest BCUT2D eigenvalue weighted by atomic mass is 9.94. The van der Waals surface area contributed by atoms with Crippen molar-refractivity contribution in [1.82, 2.24) is 20.4 Å². The van der Waals surface area contributed by atoms with E-state index in [1.54, 1.807) is 0 Å². The zero-order valence-corrected chi connectivity index (χ0v) is 15.1. The van der Waals surface area contributed by atoms with Gasteiger partial charge in [-0.3, -0.25) is 9.89 Å². The van der Waals surface area contributed by atoms with Crippen molar-refractivity contribution in [1.29, 1.82) is 0 Å². The van der Waals surface area contributed by atoms with E-state index in [0.717, 1.165) is 36.5 Å². The van der Waals surface area contributed by atoms with Crippen molar-refractivity contribution in [2.24, 2.45) is 11.8 Å². The van der Waals surface area contributed by atoms with Gasteiger partial charge in [0.25, 0.3) is 0 Å². The van der Waals surface area contributed by atoms with Gasteiger partial charge in [-0.1, -0.05) is 13.8 Å². The van der Waals surface area contributed by atoms with E-state index in [4.69, 9.17) is 0 Å². The van der Waals surface area contributed by atoms with Gasteiger partial charge in [0, 0.05) is 26.1 Å². The molecule has 0 spiro atoms. The summed E-state index contributed by atoms with van der Waals surface area (Å²) in [6.45, 7) is 9.98. The molecule has 2 rings (SSSR count). The van der Waals surface area contributed by atoms with Crippen LogP contribution in [0.2, 0.25) is 0 Å². The minimum Gasteiger partial charge on any atom is -0.338 e. The fraction of sp³-hybridized carbons (Fsp3) is 0.706. The van der Waals surface area contributed by atoms with Gasteiger partial charge in [-0.05, 0) is 38.5 Å². The number of carbonyl (C=O) groups is 2. The number of hydrogen-bond donors (Lipinski definition) is 3. The summed E-state index contributed by atoms with van der Waals surface area (Å²) in [5, 5.41) is 12.8. The number of hydrogen-bond acceptors (Lipinski definition) is 3. The Balaban J connectivity index is 1.84. The molecule has 1 fully saturated rings. The number of nitrogens with one attached hydrogen (secondary N) is 3. The SMILES string of the molecule is Cc1n[nH]c(C)c1NC(=O)CC1CCCN(C(=O)NCC(C)C)C1. The first kappa shape index (κ1) is 18.3. The lowest BCUT2D eigenvalue weighted by Gasteiger charge is -2.32. The molecule has 1 aliphatic rings. The minimum atomic E-state index is -0.0182. The Labute approximate surface area is 143 Å². The molecule has 0 radical (unpaired) electrons. The summed E-state index contributed by atoms with van der Waals surface area (Å²) >= 11 is 0. The fourth-order valence-corrected chi connectivity index (χ4v) is 3.01. The van der Waals surface area contributed by atoms with E-state index in [1.165, 1.54) is 0 Å². The number of aryl methyl sites for hydroxylation is 2. The van der Waals surface area contributed by atoms with Crippen LogP contribution in [0.4, 0.5) is 10.5 Å². The molecule has 0 aliphatic carbocycles. The van der Waals surface area contributed by atoms with Crippen LogP contribution in [0.15, 0.2) is 0 Å². The van der Waals surface area contributed by atoms with Crippen LogP contribution in [0.1, 0.15) is 44.5 Å². The van der Waals surface area contributed by atoms with Crippen LogP contribution in [-0.4, -0.2) is 46.7 Å². The summed E-state index contributed by atoms with van der Waals surface area (Å²) in [7, 11) is 0. The molecule has 24 heavy (non-hydrogen) atoms. The molecule has 1 aromatic heterocycles. The molecule has 1 saturated heterocycles. The molecule has 1 aliphatic heterocycles. The molecular formula is C17H29N5O2. The maximum atomic E-state index is 12.3. The number of aromatic nitrogens is 2. The second kappa shape index (κ2) is 8.17. The van der Waals surface area contributed by atoms with E-state index in [2.05, 4.69) is 34.7 Å². The molecule has 1 aromatic rings. The van der Waals surface area contributed by atoms with Crippen molar-refractivity contribution in [3.05, 3.63) is 11.4 Å². The number of carbonyl (C=O) groups excluding carboxylic acids is 2. The quantitative estimate of drug-likeness (QED) is 0.772. The minimum absolute atomic E-state index is 0.0166. The number of likely N-dealkylation sites (tertiary alicyclic amines) is 1. The van der Waals surface area contributed by atoms with Crippen molar-refractivity contribution < 1.29 is 9.59 Å². The molecule has 7 nitrogen and oxygen atoms in total. The van der Waals surface area contributed by atoms with Crippen LogP contribution in [0.5, 0.6) is 0 Å². The predicted octanol–water partition coefficient (Wildman–Crippen LogP) is 2.43. The second-order valence-electron chi connectivity index (χ2n) is 7.10. The number of anilines is 1. The average Bonchev–Trinajstić information content (AvgIpc) is 2.84. The molecule has 1 atom stereocenters. The summed E-state index contributed by atoms with van der Waals surface area (Å²) in [4.78, 5) is 26.3. The molecule has 0 aromatic carbocycles. The van der Waals surface area contributed by atoms with Gasteiger partial charge in [0.1, 0.15) is 0 Å². The number of amides is 3. The Bertz CT molecular complexity index is 562. The van der Waals surface area contributed by atoms with Gasteiger partial charge in [-0.25, -0.2) is 4.79 Å². The van der Waals surface area contributed by atoms with Gasteiger partial charge < -0.3 is 15.5 Å². The highest BCUT2D eigenvalue weighted by atomic mass is 16.2. The molecular weight excluding hydrogens is 306 g/mol. The van der Waals surface area contributed by atoms with Gasteiger partial charge in [-0.15, -0.1) is 0 Å². The van der Waals surface area contributed by atoms with Crippen LogP contribution in [0.25, 0.3) is 0 Å². The van der Waals surface area contributed by atoms with Crippen LogP contribution in [-0.2, 0) is 4.79 Å². The molecule has 3 amide bonds. The molecule has 134 valence electrons. The number of H-pyrrole nitrogens is 1. The summed E-state index contributed by atoms with van der Waals surface area (Å²) in [5.74, 6) is 0.620. The normalized spacial score (nSPS) is 17.9. The highest BCUT2D eigenvalue weighted by molar-refractivity contribution is 5.92. The molecule has 7 heteroatoms. The number of nitrogens with zero attached hydrogens (tertiary/aromatic N) is 2. The first-order chi connectivity index (χ1) is 11.4. The first-order valence-electron chi connectivity index (χ1n) is 8.71. The zero-order chi connectivity index (χ0) is 17.7. The summed E-state index contributed by atoms with van der Waals surface area (Å²) in [5.41, 5.74) is 2.42. The number of rotatable bonds is 5. The van der Waals surface area contributed by atoms with Crippen LogP contribution < -0.4 is 10.6 Å². The third-order valence-electron chi connectivity index (χ3n) is 4.33. The van der Waals surface area contributed by atoms with Gasteiger partial charge in [-0.2, -0.15) is 5.10 Å². The molecule has 0 saturated carbocycles. The van der Waals surface area contributed by atoms with E-state index in [9.17, 15) is 9.59 Å².